The van der Waals surface area contributed by atoms with Crippen molar-refractivity contribution in [1.82, 2.24) is 0 Å². The highest BCUT2D eigenvalue weighted by molar-refractivity contribution is 5.74. The number of alkyl halides is 1. The van der Waals surface area contributed by atoms with Gasteiger partial charge < -0.3 is 16.2 Å². The maximum absolute atomic E-state index is 14.0. The summed E-state index contributed by atoms with van der Waals surface area (Å²) < 4.78 is 46.1. The number of hydrogen-bond acceptors (Lipinski definition) is 4. The number of benzene rings is 1. The molecular formula is C12H12F3N3O. The van der Waals surface area contributed by atoms with Gasteiger partial charge in [0.1, 0.15) is 18.3 Å². The summed E-state index contributed by atoms with van der Waals surface area (Å²) in [4.78, 5) is 3.90. The average molecular weight is 271 g/mol. The fraction of sp³-hybridized carbons (Fsp3) is 0.417. The summed E-state index contributed by atoms with van der Waals surface area (Å²) in [6.07, 6.45) is 0.210. The van der Waals surface area contributed by atoms with Gasteiger partial charge in [-0.25, -0.2) is 18.2 Å². The number of nitrogens with two attached hydrogens (primary N) is 2. The Morgan fingerprint density at radius 1 is 1.37 bits per heavy atom. The van der Waals surface area contributed by atoms with Crippen molar-refractivity contribution >= 4 is 11.7 Å². The van der Waals surface area contributed by atoms with Crippen molar-refractivity contribution < 1.29 is 17.9 Å². The lowest BCUT2D eigenvalue weighted by molar-refractivity contribution is 0.167. The van der Waals surface area contributed by atoms with E-state index in [0.29, 0.717) is 6.42 Å². The van der Waals surface area contributed by atoms with E-state index in [0.717, 1.165) is 6.07 Å². The zero-order valence-electron chi connectivity index (χ0n) is 9.87. The Balaban J connectivity index is 2.20. The zero-order chi connectivity index (χ0) is 13.8. The molecule has 1 fully saturated rings. The van der Waals surface area contributed by atoms with Gasteiger partial charge in [0, 0.05) is 17.2 Å². The van der Waals surface area contributed by atoms with E-state index in [1.165, 1.54) is 6.07 Å². The fourth-order valence-electron chi connectivity index (χ4n) is 2.65. The van der Waals surface area contributed by atoms with Crippen LogP contribution in [0.5, 0.6) is 0 Å². The summed E-state index contributed by atoms with van der Waals surface area (Å²) in [5.74, 6) is -2.61. The molecule has 19 heavy (non-hydrogen) atoms. The van der Waals surface area contributed by atoms with Gasteiger partial charge in [0.15, 0.2) is 11.6 Å². The lowest BCUT2D eigenvalue weighted by atomic mass is 9.85. The number of halogens is 3. The Hall–Kier alpha value is -1.92. The van der Waals surface area contributed by atoms with Crippen LogP contribution in [-0.4, -0.2) is 18.8 Å². The minimum atomic E-state index is -1.53. The molecule has 4 N–H and O–H groups in total. The van der Waals surface area contributed by atoms with Crippen LogP contribution in [0.1, 0.15) is 12.0 Å². The normalized spacial score (nSPS) is 32.3. The minimum absolute atomic E-state index is 0.0131. The van der Waals surface area contributed by atoms with Gasteiger partial charge in [-0.2, -0.15) is 0 Å². The van der Waals surface area contributed by atoms with Crippen molar-refractivity contribution in [2.45, 2.75) is 18.1 Å². The third-order valence-corrected chi connectivity index (χ3v) is 3.65. The second kappa shape index (κ2) is 3.79. The molecule has 0 aromatic heterocycles. The summed E-state index contributed by atoms with van der Waals surface area (Å²) in [6.45, 7) is -0.988. The lowest BCUT2D eigenvalue weighted by Gasteiger charge is -2.31. The molecule has 0 bridgehead atoms. The molecule has 0 amide bonds. The Kier molecular flexibility index (Phi) is 2.42. The molecule has 1 heterocycles. The van der Waals surface area contributed by atoms with Crippen LogP contribution in [0.2, 0.25) is 0 Å². The van der Waals surface area contributed by atoms with Gasteiger partial charge in [-0.1, -0.05) is 0 Å². The molecule has 1 aliphatic carbocycles. The van der Waals surface area contributed by atoms with E-state index in [9.17, 15) is 13.2 Å². The molecule has 1 saturated carbocycles. The summed E-state index contributed by atoms with van der Waals surface area (Å²) >= 11 is 0. The van der Waals surface area contributed by atoms with Crippen LogP contribution >= 0.6 is 0 Å². The molecule has 1 aromatic carbocycles. The number of nitrogens with zero attached hydrogens (tertiary/aromatic N) is 1. The molecule has 0 saturated heterocycles. The Labute approximate surface area is 107 Å². The Bertz CT molecular complexity index is 578. The third-order valence-electron chi connectivity index (χ3n) is 3.65. The molecule has 1 aromatic rings. The first-order chi connectivity index (χ1) is 8.98. The van der Waals surface area contributed by atoms with Gasteiger partial charge in [-0.3, -0.25) is 0 Å². The van der Waals surface area contributed by atoms with Crippen LogP contribution in [0, 0.1) is 17.6 Å². The number of rotatable bonds is 2. The predicted octanol–water partition coefficient (Wildman–Crippen LogP) is 1.45. The van der Waals surface area contributed by atoms with Crippen LogP contribution in [0.3, 0.4) is 0 Å². The highest BCUT2D eigenvalue weighted by Crippen LogP contribution is 2.53. The minimum Gasteiger partial charge on any atom is -0.462 e. The molecule has 102 valence electrons. The highest BCUT2D eigenvalue weighted by Gasteiger charge is 2.60. The molecule has 3 unspecified atom stereocenters. The summed E-state index contributed by atoms with van der Waals surface area (Å²) in [7, 11) is 0. The van der Waals surface area contributed by atoms with Crippen molar-refractivity contribution in [3.8, 4) is 0 Å². The van der Waals surface area contributed by atoms with Crippen molar-refractivity contribution in [2.24, 2.45) is 16.6 Å². The van der Waals surface area contributed by atoms with E-state index in [2.05, 4.69) is 4.99 Å². The van der Waals surface area contributed by atoms with Crippen molar-refractivity contribution in [2.75, 3.05) is 12.4 Å². The van der Waals surface area contributed by atoms with Crippen molar-refractivity contribution in [3.63, 3.8) is 0 Å². The molecule has 0 spiro atoms. The number of anilines is 1. The number of fused-ring (bicyclic) bond motifs is 1. The van der Waals surface area contributed by atoms with Gasteiger partial charge in [-0.05, 0) is 18.6 Å². The SMILES string of the molecule is NC1=NC(CF)(c2cc(N)cc(F)c2F)C2CC2O1. The van der Waals surface area contributed by atoms with Gasteiger partial charge in [-0.15, -0.1) is 0 Å². The topological polar surface area (TPSA) is 73.6 Å². The first kappa shape index (κ1) is 12.1. The number of ether oxygens (including phenoxy) is 1. The fourth-order valence-corrected chi connectivity index (χ4v) is 2.65. The molecule has 2 aliphatic rings. The van der Waals surface area contributed by atoms with E-state index >= 15 is 0 Å². The molecule has 1 aliphatic heterocycles. The van der Waals surface area contributed by atoms with Gasteiger partial charge in [0.05, 0.1) is 0 Å². The average Bonchev–Trinajstić information content (AvgIpc) is 3.12. The van der Waals surface area contributed by atoms with E-state index in [1.807, 2.05) is 0 Å². The number of aliphatic imine (C=N–C) groups is 1. The van der Waals surface area contributed by atoms with Crippen molar-refractivity contribution in [1.29, 1.82) is 0 Å². The number of amidine groups is 1. The smallest absolute Gasteiger partial charge is 0.283 e. The predicted molar refractivity (Wildman–Crippen MR) is 63.0 cm³/mol. The molecule has 4 nitrogen and oxygen atoms in total. The van der Waals surface area contributed by atoms with Crippen LogP contribution in [-0.2, 0) is 10.3 Å². The van der Waals surface area contributed by atoms with Crippen LogP contribution in [0.15, 0.2) is 17.1 Å². The molecule has 0 radical (unpaired) electrons. The third kappa shape index (κ3) is 1.64. The molecule has 3 atom stereocenters. The number of hydrogen-bond donors (Lipinski definition) is 2. The molecule has 7 heteroatoms. The van der Waals surface area contributed by atoms with Crippen LogP contribution in [0.25, 0.3) is 0 Å². The van der Waals surface area contributed by atoms with Gasteiger partial charge in [0.2, 0.25) is 0 Å². The van der Waals surface area contributed by atoms with Crippen LogP contribution < -0.4 is 11.5 Å². The van der Waals surface area contributed by atoms with Gasteiger partial charge in [0.25, 0.3) is 6.02 Å². The van der Waals surface area contributed by atoms with E-state index in [-0.39, 0.29) is 29.3 Å². The molecule has 3 rings (SSSR count). The maximum Gasteiger partial charge on any atom is 0.283 e. The van der Waals surface area contributed by atoms with Crippen molar-refractivity contribution in [3.05, 3.63) is 29.3 Å². The molecular weight excluding hydrogens is 259 g/mol. The quantitative estimate of drug-likeness (QED) is 0.799. The second-order valence-electron chi connectivity index (χ2n) is 4.87. The van der Waals surface area contributed by atoms with Crippen LogP contribution in [0.4, 0.5) is 18.9 Å². The first-order valence-corrected chi connectivity index (χ1v) is 5.81. The summed E-state index contributed by atoms with van der Waals surface area (Å²) in [5, 5.41) is 0. The standard InChI is InChI=1S/C12H12F3N3O/c13-4-12(6-3-9(6)19-11(17)18-12)7-1-5(16)2-8(14)10(7)15/h1-2,6,9H,3-4,16H2,(H2,17,18). The van der Waals surface area contributed by atoms with E-state index in [1.54, 1.807) is 0 Å². The highest BCUT2D eigenvalue weighted by atomic mass is 19.2. The largest absolute Gasteiger partial charge is 0.462 e. The first-order valence-electron chi connectivity index (χ1n) is 5.81. The lowest BCUT2D eigenvalue weighted by Crippen LogP contribution is -2.40. The summed E-state index contributed by atoms with van der Waals surface area (Å²) in [6, 6.07) is 1.84. The maximum atomic E-state index is 14.0. The van der Waals surface area contributed by atoms with Gasteiger partial charge >= 0.3 is 0 Å². The van der Waals surface area contributed by atoms with E-state index in [4.69, 9.17) is 16.2 Å². The second-order valence-corrected chi connectivity index (χ2v) is 4.87. The number of nitrogen functional groups attached to an aromatic ring is 1. The monoisotopic (exact) mass is 271 g/mol. The Morgan fingerprint density at radius 3 is 2.79 bits per heavy atom. The Morgan fingerprint density at radius 2 is 2.11 bits per heavy atom. The zero-order valence-corrected chi connectivity index (χ0v) is 9.87. The van der Waals surface area contributed by atoms with E-state index < -0.39 is 23.8 Å². The summed E-state index contributed by atoms with van der Waals surface area (Å²) in [5.41, 5.74) is 9.26.